The van der Waals surface area contributed by atoms with Crippen LogP contribution >= 0.6 is 0 Å². The number of rotatable bonds is 5. The molecule has 1 atom stereocenters. The van der Waals surface area contributed by atoms with E-state index in [4.69, 9.17) is 9.47 Å². The van der Waals surface area contributed by atoms with Crippen LogP contribution in [0, 0.1) is 0 Å². The summed E-state index contributed by atoms with van der Waals surface area (Å²) in [6.45, 7) is 3.93. The van der Waals surface area contributed by atoms with Gasteiger partial charge in [0.1, 0.15) is 5.75 Å². The highest BCUT2D eigenvalue weighted by atomic mass is 16.5. The molecule has 1 aromatic carbocycles. The number of likely N-dealkylation sites (N-methyl/N-ethyl adjacent to an activating group) is 1. The van der Waals surface area contributed by atoms with Crippen molar-refractivity contribution in [2.45, 2.75) is 30.9 Å². The molecule has 0 radical (unpaired) electrons. The van der Waals surface area contributed by atoms with Gasteiger partial charge in [0, 0.05) is 25.7 Å². The molecule has 0 bridgehead atoms. The van der Waals surface area contributed by atoms with Crippen molar-refractivity contribution in [2.24, 2.45) is 0 Å². The van der Waals surface area contributed by atoms with Crippen molar-refractivity contribution in [3.05, 3.63) is 29.8 Å². The van der Waals surface area contributed by atoms with Gasteiger partial charge < -0.3 is 19.7 Å². The Balaban J connectivity index is 1.41. The molecule has 1 heterocycles. The minimum Gasteiger partial charge on any atom is -0.497 e. The summed E-state index contributed by atoms with van der Waals surface area (Å²) in [4.78, 5) is 2.34. The number of methoxy groups -OCH3 is 1. The summed E-state index contributed by atoms with van der Waals surface area (Å²) in [6.07, 6.45) is 2.78. The summed E-state index contributed by atoms with van der Waals surface area (Å²) in [5.41, 5.74) is 1.40. The van der Waals surface area contributed by atoms with Gasteiger partial charge in [-0.3, -0.25) is 0 Å². The number of nitrogens with one attached hydrogen (secondary N) is 1. The van der Waals surface area contributed by atoms with Crippen molar-refractivity contribution < 1.29 is 9.47 Å². The summed E-state index contributed by atoms with van der Waals surface area (Å²) in [7, 11) is 3.89. The maximum absolute atomic E-state index is 5.79. The van der Waals surface area contributed by atoms with E-state index in [1.807, 2.05) is 6.07 Å². The van der Waals surface area contributed by atoms with Gasteiger partial charge in [0.15, 0.2) is 0 Å². The van der Waals surface area contributed by atoms with Crippen molar-refractivity contribution in [3.63, 3.8) is 0 Å². The summed E-state index contributed by atoms with van der Waals surface area (Å²) in [6, 6.07) is 9.11. The van der Waals surface area contributed by atoms with Crippen LogP contribution in [0.5, 0.6) is 5.75 Å². The predicted octanol–water partition coefficient (Wildman–Crippen LogP) is 1.86. The van der Waals surface area contributed by atoms with Crippen LogP contribution in [0.15, 0.2) is 24.3 Å². The minimum absolute atomic E-state index is 0.347. The van der Waals surface area contributed by atoms with Crippen molar-refractivity contribution in [2.75, 3.05) is 40.4 Å². The summed E-state index contributed by atoms with van der Waals surface area (Å²) in [5.74, 6) is 1.63. The molecule has 1 saturated heterocycles. The number of morpholine rings is 1. The number of benzene rings is 1. The first kappa shape index (κ1) is 14.8. The van der Waals surface area contributed by atoms with Gasteiger partial charge in [0.05, 0.1) is 19.8 Å². The van der Waals surface area contributed by atoms with Gasteiger partial charge in [-0.25, -0.2) is 0 Å². The highest BCUT2D eigenvalue weighted by Gasteiger charge is 2.31. The van der Waals surface area contributed by atoms with Gasteiger partial charge in [0.25, 0.3) is 0 Å². The number of hydrogen-bond donors (Lipinski definition) is 1. The van der Waals surface area contributed by atoms with E-state index in [1.165, 1.54) is 18.4 Å². The topological polar surface area (TPSA) is 33.7 Å². The van der Waals surface area contributed by atoms with Gasteiger partial charge in [-0.2, -0.15) is 0 Å². The SMILES string of the molecule is COc1cccc(C2CC(NCC3CN(C)CCO3)C2)c1. The standard InChI is InChI=1S/C17H26N2O2/c1-19-6-7-21-17(12-19)11-18-15-8-14(9-15)13-4-3-5-16(10-13)20-2/h3-5,10,14-15,17-18H,6-9,11-12H2,1-2H3. The molecular weight excluding hydrogens is 264 g/mol. The third-order valence-electron chi connectivity index (χ3n) is 4.68. The molecule has 1 aliphatic carbocycles. The fourth-order valence-corrected chi connectivity index (χ4v) is 3.24. The summed E-state index contributed by atoms with van der Waals surface area (Å²) < 4.78 is 11.1. The van der Waals surface area contributed by atoms with Crippen LogP contribution < -0.4 is 10.1 Å². The maximum atomic E-state index is 5.79. The van der Waals surface area contributed by atoms with Crippen LogP contribution in [-0.2, 0) is 4.74 Å². The van der Waals surface area contributed by atoms with E-state index >= 15 is 0 Å². The molecule has 21 heavy (non-hydrogen) atoms. The van der Waals surface area contributed by atoms with E-state index in [1.54, 1.807) is 7.11 Å². The van der Waals surface area contributed by atoms with E-state index < -0.39 is 0 Å². The lowest BCUT2D eigenvalue weighted by molar-refractivity contribution is -0.0207. The lowest BCUT2D eigenvalue weighted by Gasteiger charge is -2.38. The molecular formula is C17H26N2O2. The van der Waals surface area contributed by atoms with Crippen LogP contribution in [0.3, 0.4) is 0 Å². The fraction of sp³-hybridized carbons (Fsp3) is 0.647. The van der Waals surface area contributed by atoms with Crippen LogP contribution in [-0.4, -0.2) is 57.4 Å². The van der Waals surface area contributed by atoms with Crippen molar-refractivity contribution in [1.29, 1.82) is 0 Å². The fourth-order valence-electron chi connectivity index (χ4n) is 3.24. The highest BCUT2D eigenvalue weighted by molar-refractivity contribution is 5.32. The number of ether oxygens (including phenoxy) is 2. The van der Waals surface area contributed by atoms with Crippen LogP contribution in [0.2, 0.25) is 0 Å². The summed E-state index contributed by atoms with van der Waals surface area (Å²) in [5, 5.41) is 3.65. The first-order valence-electron chi connectivity index (χ1n) is 7.92. The highest BCUT2D eigenvalue weighted by Crippen LogP contribution is 2.37. The molecule has 1 saturated carbocycles. The molecule has 1 N–H and O–H groups in total. The first-order chi connectivity index (χ1) is 10.2. The van der Waals surface area contributed by atoms with Crippen molar-refractivity contribution >= 4 is 0 Å². The largest absolute Gasteiger partial charge is 0.497 e. The molecule has 4 nitrogen and oxygen atoms in total. The zero-order valence-electron chi connectivity index (χ0n) is 13.0. The molecule has 2 aliphatic rings. The quantitative estimate of drug-likeness (QED) is 0.897. The van der Waals surface area contributed by atoms with Gasteiger partial charge in [0.2, 0.25) is 0 Å². The Bertz CT molecular complexity index is 460. The Morgan fingerprint density at radius 1 is 1.38 bits per heavy atom. The molecule has 3 rings (SSSR count). The first-order valence-corrected chi connectivity index (χ1v) is 7.92. The molecule has 1 unspecified atom stereocenters. The Morgan fingerprint density at radius 2 is 2.24 bits per heavy atom. The normalized spacial score (nSPS) is 29.9. The minimum atomic E-state index is 0.347. The van der Waals surface area contributed by atoms with Gasteiger partial charge >= 0.3 is 0 Å². The number of nitrogens with zero attached hydrogens (tertiary/aromatic N) is 1. The second-order valence-electron chi connectivity index (χ2n) is 6.31. The predicted molar refractivity (Wildman–Crippen MR) is 84.0 cm³/mol. The Morgan fingerprint density at radius 3 is 3.00 bits per heavy atom. The lowest BCUT2D eigenvalue weighted by atomic mass is 9.76. The lowest BCUT2D eigenvalue weighted by Crippen LogP contribution is -2.49. The Hall–Kier alpha value is -1.10. The van der Waals surface area contributed by atoms with Crippen LogP contribution in [0.25, 0.3) is 0 Å². The summed E-state index contributed by atoms with van der Waals surface area (Å²) >= 11 is 0. The monoisotopic (exact) mass is 290 g/mol. The van der Waals surface area contributed by atoms with E-state index in [-0.39, 0.29) is 0 Å². The van der Waals surface area contributed by atoms with E-state index in [2.05, 4.69) is 35.5 Å². The van der Waals surface area contributed by atoms with Gasteiger partial charge in [-0.1, -0.05) is 12.1 Å². The zero-order valence-corrected chi connectivity index (χ0v) is 13.0. The van der Waals surface area contributed by atoms with Crippen LogP contribution in [0.1, 0.15) is 24.3 Å². The zero-order chi connectivity index (χ0) is 14.7. The van der Waals surface area contributed by atoms with Gasteiger partial charge in [-0.05, 0) is 43.5 Å². The Labute approximate surface area is 127 Å². The molecule has 116 valence electrons. The van der Waals surface area contributed by atoms with Crippen molar-refractivity contribution in [1.82, 2.24) is 10.2 Å². The van der Waals surface area contributed by atoms with Gasteiger partial charge in [-0.15, -0.1) is 0 Å². The molecule has 0 spiro atoms. The second-order valence-corrected chi connectivity index (χ2v) is 6.31. The smallest absolute Gasteiger partial charge is 0.119 e. The molecule has 1 aliphatic heterocycles. The van der Waals surface area contributed by atoms with Crippen LogP contribution in [0.4, 0.5) is 0 Å². The number of hydrogen-bond acceptors (Lipinski definition) is 4. The third-order valence-corrected chi connectivity index (χ3v) is 4.68. The Kier molecular flexibility index (Phi) is 4.78. The van der Waals surface area contributed by atoms with E-state index in [0.717, 1.165) is 32.0 Å². The molecule has 0 aromatic heterocycles. The average molecular weight is 290 g/mol. The third kappa shape index (κ3) is 3.76. The molecule has 0 amide bonds. The average Bonchev–Trinajstić information content (AvgIpc) is 2.46. The molecule has 1 aromatic rings. The molecule has 2 fully saturated rings. The van der Waals surface area contributed by atoms with E-state index in [0.29, 0.717) is 18.1 Å². The van der Waals surface area contributed by atoms with Crippen molar-refractivity contribution in [3.8, 4) is 5.75 Å². The molecule has 4 heteroatoms. The second kappa shape index (κ2) is 6.77. The maximum Gasteiger partial charge on any atom is 0.119 e. The van der Waals surface area contributed by atoms with E-state index in [9.17, 15) is 0 Å².